The monoisotopic (exact) mass is 367 g/mol. The van der Waals surface area contributed by atoms with Crippen LogP contribution in [0.1, 0.15) is 45.4 Å². The van der Waals surface area contributed by atoms with E-state index >= 15 is 0 Å². The number of nitrogens with zero attached hydrogens (tertiary/aromatic N) is 2. The van der Waals surface area contributed by atoms with Gasteiger partial charge in [0.05, 0.1) is 10.4 Å². The van der Waals surface area contributed by atoms with Gasteiger partial charge in [-0.2, -0.15) is 0 Å². The lowest BCUT2D eigenvalue weighted by Gasteiger charge is -2.19. The zero-order valence-electron chi connectivity index (χ0n) is 14.9. The van der Waals surface area contributed by atoms with Crippen molar-refractivity contribution in [2.75, 3.05) is 0 Å². The minimum absolute atomic E-state index is 0.0675. The lowest BCUT2D eigenvalue weighted by molar-refractivity contribution is 0.0999. The van der Waals surface area contributed by atoms with Gasteiger partial charge in [0.25, 0.3) is 0 Å². The van der Waals surface area contributed by atoms with Crippen molar-refractivity contribution >= 4 is 33.8 Å². The topological polar surface area (TPSA) is 77.8 Å². The van der Waals surface area contributed by atoms with Gasteiger partial charge in [0.1, 0.15) is 0 Å². The van der Waals surface area contributed by atoms with Crippen molar-refractivity contribution in [1.82, 2.24) is 4.98 Å². The van der Waals surface area contributed by atoms with Crippen LogP contribution in [-0.4, -0.2) is 16.0 Å². The molecule has 1 aliphatic carbocycles. The van der Waals surface area contributed by atoms with Gasteiger partial charge in [0, 0.05) is 10.3 Å². The first-order valence-corrected chi connectivity index (χ1v) is 9.76. The molecule has 0 saturated carbocycles. The Morgan fingerprint density at radius 2 is 2.27 bits per heavy atom. The number of hydrogen-bond acceptors (Lipinski definition) is 4. The van der Waals surface area contributed by atoms with E-state index in [1.54, 1.807) is 0 Å². The van der Waals surface area contributed by atoms with Crippen molar-refractivity contribution in [3.63, 3.8) is 0 Å². The SMILES string of the molecule is CCC1CCc2sc(C(=O)N=Nc3c(O)[nH]c4c(C)cccc34)cc2C1. The molecule has 1 unspecified atom stereocenters. The van der Waals surface area contributed by atoms with Gasteiger partial charge in [0.2, 0.25) is 5.88 Å². The number of aryl methyl sites for hydroxylation is 2. The van der Waals surface area contributed by atoms with Crippen LogP contribution in [0.2, 0.25) is 0 Å². The number of aromatic hydroxyl groups is 1. The van der Waals surface area contributed by atoms with Crippen LogP contribution in [0.15, 0.2) is 34.5 Å². The summed E-state index contributed by atoms with van der Waals surface area (Å²) in [4.78, 5) is 17.3. The number of aromatic amines is 1. The van der Waals surface area contributed by atoms with Crippen molar-refractivity contribution in [1.29, 1.82) is 0 Å². The Kier molecular flexibility index (Phi) is 4.36. The maximum absolute atomic E-state index is 12.5. The molecule has 0 fully saturated rings. The quantitative estimate of drug-likeness (QED) is 0.584. The van der Waals surface area contributed by atoms with Gasteiger partial charge in [-0.1, -0.05) is 31.5 Å². The number of rotatable bonds is 3. The highest BCUT2D eigenvalue weighted by Crippen LogP contribution is 2.37. The molecule has 0 spiro atoms. The van der Waals surface area contributed by atoms with Crippen molar-refractivity contribution in [3.05, 3.63) is 45.1 Å². The lowest BCUT2D eigenvalue weighted by Crippen LogP contribution is -2.10. The number of aromatic nitrogens is 1. The number of nitrogens with one attached hydrogen (secondary N) is 1. The van der Waals surface area contributed by atoms with E-state index in [4.69, 9.17) is 0 Å². The number of carbonyl (C=O) groups excluding carboxylic acids is 1. The van der Waals surface area contributed by atoms with E-state index in [2.05, 4.69) is 22.1 Å². The van der Waals surface area contributed by atoms with E-state index < -0.39 is 0 Å². The Labute approximate surface area is 155 Å². The predicted molar refractivity (Wildman–Crippen MR) is 104 cm³/mol. The second kappa shape index (κ2) is 6.68. The normalized spacial score (nSPS) is 17.1. The van der Waals surface area contributed by atoms with Crippen LogP contribution in [0, 0.1) is 12.8 Å². The number of amides is 1. The van der Waals surface area contributed by atoms with Gasteiger partial charge in [-0.25, -0.2) is 0 Å². The number of thiophene rings is 1. The smallest absolute Gasteiger partial charge is 0.305 e. The summed E-state index contributed by atoms with van der Waals surface area (Å²) in [5, 5.41) is 18.8. The Balaban J connectivity index is 1.60. The molecule has 134 valence electrons. The standard InChI is InChI=1S/C20H21N3O2S/c1-3-12-7-8-15-13(9-12)10-16(26-15)19(24)23-22-18-14-6-4-5-11(2)17(14)21-20(18)25/h4-6,10,12,21,25H,3,7-9H2,1-2H3. The highest BCUT2D eigenvalue weighted by Gasteiger charge is 2.22. The second-order valence-corrected chi connectivity index (χ2v) is 8.04. The van der Waals surface area contributed by atoms with Crippen molar-refractivity contribution < 1.29 is 9.90 Å². The Morgan fingerprint density at radius 1 is 1.42 bits per heavy atom. The first kappa shape index (κ1) is 17.0. The van der Waals surface area contributed by atoms with Gasteiger partial charge in [-0.05, 0) is 49.3 Å². The maximum Gasteiger partial charge on any atom is 0.305 e. The fraction of sp³-hybridized carbons (Fsp3) is 0.350. The van der Waals surface area contributed by atoms with Crippen LogP contribution in [0.5, 0.6) is 5.88 Å². The Morgan fingerprint density at radius 3 is 3.08 bits per heavy atom. The molecule has 2 aromatic heterocycles. The number of carbonyl (C=O) groups is 1. The highest BCUT2D eigenvalue weighted by atomic mass is 32.1. The molecule has 1 aromatic carbocycles. The van der Waals surface area contributed by atoms with Crippen molar-refractivity contribution in [2.24, 2.45) is 16.1 Å². The molecule has 1 atom stereocenters. The van der Waals surface area contributed by atoms with Crippen LogP contribution in [0.3, 0.4) is 0 Å². The highest BCUT2D eigenvalue weighted by molar-refractivity contribution is 7.14. The summed E-state index contributed by atoms with van der Waals surface area (Å²) in [5.74, 6) is 0.300. The third-order valence-electron chi connectivity index (χ3n) is 5.21. The first-order chi connectivity index (χ1) is 12.6. The molecule has 5 nitrogen and oxygen atoms in total. The van der Waals surface area contributed by atoms with Gasteiger partial charge in [0.15, 0.2) is 5.69 Å². The molecule has 4 rings (SSSR count). The maximum atomic E-state index is 12.5. The number of para-hydroxylation sites is 1. The Hall–Kier alpha value is -2.47. The molecular weight excluding hydrogens is 346 g/mol. The fourth-order valence-electron chi connectivity index (χ4n) is 3.64. The third-order valence-corrected chi connectivity index (χ3v) is 6.43. The minimum atomic E-state index is -0.348. The van der Waals surface area contributed by atoms with Crippen molar-refractivity contribution in [3.8, 4) is 5.88 Å². The van der Waals surface area contributed by atoms with E-state index in [1.165, 1.54) is 34.6 Å². The second-order valence-electron chi connectivity index (χ2n) is 6.90. The summed E-state index contributed by atoms with van der Waals surface area (Å²) in [6.07, 6.45) is 4.47. The molecule has 2 heterocycles. The van der Waals surface area contributed by atoms with Crippen LogP contribution in [-0.2, 0) is 12.8 Å². The van der Waals surface area contributed by atoms with Gasteiger partial charge in [-0.15, -0.1) is 21.6 Å². The number of azo groups is 1. The summed E-state index contributed by atoms with van der Waals surface area (Å²) in [6.45, 7) is 4.17. The molecule has 2 N–H and O–H groups in total. The molecule has 3 aromatic rings. The fourth-order valence-corrected chi connectivity index (χ4v) is 4.72. The van der Waals surface area contributed by atoms with Gasteiger partial charge in [-0.3, -0.25) is 4.79 Å². The largest absolute Gasteiger partial charge is 0.493 e. The molecule has 1 aliphatic rings. The van der Waals surface area contributed by atoms with Gasteiger partial charge >= 0.3 is 5.91 Å². The molecule has 0 aliphatic heterocycles. The van der Waals surface area contributed by atoms with Crippen LogP contribution >= 0.6 is 11.3 Å². The summed E-state index contributed by atoms with van der Waals surface area (Å²) in [7, 11) is 0. The first-order valence-electron chi connectivity index (χ1n) is 8.94. The molecule has 6 heteroatoms. The van der Waals surface area contributed by atoms with E-state index in [0.29, 0.717) is 16.5 Å². The molecular formula is C20H21N3O2S. The molecule has 0 bridgehead atoms. The Bertz CT molecular complexity index is 1020. The third kappa shape index (κ3) is 2.94. The molecule has 1 amide bonds. The van der Waals surface area contributed by atoms with Crippen LogP contribution < -0.4 is 0 Å². The molecule has 0 radical (unpaired) electrons. The zero-order valence-corrected chi connectivity index (χ0v) is 15.7. The van der Waals surface area contributed by atoms with E-state index in [9.17, 15) is 9.90 Å². The number of benzene rings is 1. The van der Waals surface area contributed by atoms with Crippen LogP contribution in [0.25, 0.3) is 10.9 Å². The average Bonchev–Trinajstić information content (AvgIpc) is 3.20. The minimum Gasteiger partial charge on any atom is -0.493 e. The molecule has 26 heavy (non-hydrogen) atoms. The summed E-state index contributed by atoms with van der Waals surface area (Å²) in [6, 6.07) is 7.67. The average molecular weight is 367 g/mol. The lowest BCUT2D eigenvalue weighted by atomic mass is 9.87. The zero-order chi connectivity index (χ0) is 18.3. The summed E-state index contributed by atoms with van der Waals surface area (Å²) >= 11 is 1.53. The number of hydrogen-bond donors (Lipinski definition) is 2. The predicted octanol–water partition coefficient (Wildman–Crippen LogP) is 5.68. The van der Waals surface area contributed by atoms with E-state index in [0.717, 1.165) is 29.3 Å². The van der Waals surface area contributed by atoms with E-state index in [1.807, 2.05) is 31.2 Å². The van der Waals surface area contributed by atoms with Crippen molar-refractivity contribution in [2.45, 2.75) is 39.5 Å². The summed E-state index contributed by atoms with van der Waals surface area (Å²) in [5.41, 5.74) is 3.41. The van der Waals surface area contributed by atoms with Crippen LogP contribution in [0.4, 0.5) is 5.69 Å². The number of H-pyrrole nitrogens is 1. The van der Waals surface area contributed by atoms with Gasteiger partial charge < -0.3 is 10.1 Å². The summed E-state index contributed by atoms with van der Waals surface area (Å²) < 4.78 is 0. The van der Waals surface area contributed by atoms with E-state index in [-0.39, 0.29) is 11.8 Å². The molecule has 0 saturated heterocycles. The number of fused-ring (bicyclic) bond motifs is 2.